The summed E-state index contributed by atoms with van der Waals surface area (Å²) in [6.45, 7) is 3.79. The summed E-state index contributed by atoms with van der Waals surface area (Å²) in [5.41, 5.74) is 3.82. The lowest BCUT2D eigenvalue weighted by atomic mass is 9.99. The maximum absolute atomic E-state index is 15.2. The number of hydrogen-bond acceptors (Lipinski definition) is 5. The van der Waals surface area contributed by atoms with E-state index in [9.17, 15) is 4.79 Å². The lowest BCUT2D eigenvalue weighted by Gasteiger charge is -2.12. The van der Waals surface area contributed by atoms with Crippen molar-refractivity contribution in [1.82, 2.24) is 19.7 Å². The molecular weight excluding hydrogens is 541 g/mol. The lowest BCUT2D eigenvalue weighted by Crippen LogP contribution is -2.16. The highest BCUT2D eigenvalue weighted by Crippen LogP contribution is 2.54. The zero-order valence-electron chi connectivity index (χ0n) is 23.6. The predicted octanol–water partition coefficient (Wildman–Crippen LogP) is 6.80. The van der Waals surface area contributed by atoms with E-state index in [0.717, 1.165) is 16.7 Å². The number of hydrogen-bond donors (Lipinski definition) is 1. The van der Waals surface area contributed by atoms with Gasteiger partial charge in [-0.1, -0.05) is 48.9 Å². The second-order valence-corrected chi connectivity index (χ2v) is 10.8. The number of rotatable bonds is 9. The van der Waals surface area contributed by atoms with E-state index in [1.54, 1.807) is 35.4 Å². The molecule has 1 aliphatic carbocycles. The van der Waals surface area contributed by atoms with Gasteiger partial charge in [-0.05, 0) is 53.1 Å². The van der Waals surface area contributed by atoms with Crippen molar-refractivity contribution in [3.8, 4) is 11.1 Å². The minimum absolute atomic E-state index is 0.0114. The van der Waals surface area contributed by atoms with E-state index in [1.807, 2.05) is 56.4 Å². The van der Waals surface area contributed by atoms with Crippen LogP contribution < -0.4 is 5.32 Å². The van der Waals surface area contributed by atoms with Gasteiger partial charge in [-0.15, -0.1) is 0 Å². The second-order valence-electron chi connectivity index (χ2n) is 10.4. The fraction of sp³-hybridized carbons (Fsp3) is 0.250. The fourth-order valence-corrected chi connectivity index (χ4v) is 5.59. The quantitative estimate of drug-likeness (QED) is 0.211. The Morgan fingerprint density at radius 2 is 2.00 bits per heavy atom. The minimum Gasteiger partial charge on any atom is -0.375 e. The van der Waals surface area contributed by atoms with Crippen LogP contribution in [0.3, 0.4) is 0 Å². The predicted molar refractivity (Wildman–Crippen MR) is 157 cm³/mol. The molecule has 0 radical (unpaired) electrons. The lowest BCUT2D eigenvalue weighted by molar-refractivity contribution is -0.117. The monoisotopic (exact) mass is 570 g/mol. The molecule has 0 spiro atoms. The van der Waals surface area contributed by atoms with Crippen molar-refractivity contribution in [3.05, 3.63) is 107 Å². The number of anilines is 1. The first kappa shape index (κ1) is 25.8. The van der Waals surface area contributed by atoms with Gasteiger partial charge in [-0.3, -0.25) is 14.5 Å². The molecule has 3 aromatic heterocycles. The van der Waals surface area contributed by atoms with Gasteiger partial charge in [0.05, 0.1) is 32.3 Å². The Morgan fingerprint density at radius 1 is 1.17 bits per heavy atom. The molecule has 0 aliphatic heterocycles. The molecular formula is C32H29ClFN5O2. The van der Waals surface area contributed by atoms with Crippen LogP contribution in [0.15, 0.2) is 79.5 Å². The Morgan fingerprint density at radius 3 is 2.80 bits per heavy atom. The maximum atomic E-state index is 15.2. The summed E-state index contributed by atoms with van der Waals surface area (Å²) in [5, 5.41) is 8.42. The summed E-state index contributed by atoms with van der Waals surface area (Å²) in [7, 11) is 0. The number of aryl methyl sites for hydroxylation is 2. The van der Waals surface area contributed by atoms with Gasteiger partial charge in [0.1, 0.15) is 11.6 Å². The number of carbonyl (C=O) groups is 1. The van der Waals surface area contributed by atoms with Crippen LogP contribution in [0.5, 0.6) is 0 Å². The van der Waals surface area contributed by atoms with Gasteiger partial charge < -0.3 is 10.1 Å². The molecule has 1 amide bonds. The van der Waals surface area contributed by atoms with Crippen LogP contribution in [0.1, 0.15) is 30.9 Å². The van der Waals surface area contributed by atoms with E-state index < -0.39 is 12.4 Å². The van der Waals surface area contributed by atoms with Crippen LogP contribution in [0.2, 0.25) is 5.02 Å². The van der Waals surface area contributed by atoms with Gasteiger partial charge in [0, 0.05) is 53.1 Å². The number of carbonyl (C=O) groups excluding carboxylic acids is 1. The molecule has 1 aliphatic rings. The molecule has 3 heterocycles. The first-order chi connectivity index (χ1) is 20.3. The smallest absolute Gasteiger partial charge is 0.229 e. The highest BCUT2D eigenvalue weighted by molar-refractivity contribution is 6.36. The molecule has 41 heavy (non-hydrogen) atoms. The van der Waals surface area contributed by atoms with Crippen molar-refractivity contribution in [1.29, 1.82) is 0 Å². The van der Waals surface area contributed by atoms with Gasteiger partial charge in [-0.25, -0.2) is 9.37 Å². The fourth-order valence-electron chi connectivity index (χ4n) is 5.33. The van der Waals surface area contributed by atoms with Crippen LogP contribution in [0.4, 0.5) is 10.2 Å². The van der Waals surface area contributed by atoms with E-state index in [1.165, 1.54) is 6.20 Å². The summed E-state index contributed by atoms with van der Waals surface area (Å²) >= 11 is 6.39. The van der Waals surface area contributed by atoms with E-state index in [0.29, 0.717) is 34.3 Å². The summed E-state index contributed by atoms with van der Waals surface area (Å²) in [4.78, 5) is 21.7. The molecule has 5 aromatic rings. The summed E-state index contributed by atoms with van der Waals surface area (Å²) in [6.07, 6.45) is 8.38. The van der Waals surface area contributed by atoms with E-state index in [-0.39, 0.29) is 35.2 Å². The molecule has 2 aromatic carbocycles. The highest BCUT2D eigenvalue weighted by Gasteiger charge is 2.53. The highest BCUT2D eigenvalue weighted by atomic mass is 35.5. The normalized spacial score (nSPS) is 19.1. The topological polar surface area (TPSA) is 81.9 Å². The van der Waals surface area contributed by atoms with Crippen LogP contribution in [0.25, 0.3) is 21.9 Å². The Bertz CT molecular complexity index is 1770. The van der Waals surface area contributed by atoms with Crippen LogP contribution >= 0.6 is 11.6 Å². The number of aromatic nitrogens is 4. The third-order valence-corrected chi connectivity index (χ3v) is 8.04. The number of benzene rings is 2. The molecule has 9 heteroatoms. The van der Waals surface area contributed by atoms with Crippen molar-refractivity contribution < 1.29 is 15.3 Å². The maximum Gasteiger partial charge on any atom is 0.229 e. The average Bonchev–Trinajstić information content (AvgIpc) is 3.45. The number of nitrogens with zero attached hydrogens (tertiary/aromatic N) is 4. The van der Waals surface area contributed by atoms with Gasteiger partial charge in [0.2, 0.25) is 5.91 Å². The summed E-state index contributed by atoms with van der Waals surface area (Å²) < 4.78 is 30.7. The molecule has 208 valence electrons. The van der Waals surface area contributed by atoms with E-state index in [4.69, 9.17) is 17.7 Å². The van der Waals surface area contributed by atoms with E-state index >= 15 is 4.39 Å². The van der Waals surface area contributed by atoms with Crippen molar-refractivity contribution in [2.24, 2.45) is 11.8 Å². The van der Waals surface area contributed by atoms with Crippen LogP contribution in [-0.4, -0.2) is 32.2 Å². The standard InChI is InChI=1S/C32H29ClFN5O2/c1-19-8-9-35-15-25(19)24-12-22-13-27(36-16-26(22)30(33)31(24)34)38-32(40)29-20(2)28(29)23-14-37-39(17-23)10-11-41-18-21-6-4-3-5-7-21/h3-9,12-17,20,28-29H,10-11,18H2,1-2H3,(H,36,38,40)/i11D. The summed E-state index contributed by atoms with van der Waals surface area (Å²) in [5.74, 6) is -0.427. The molecule has 1 N–H and O–H groups in total. The Balaban J connectivity index is 1.12. The van der Waals surface area contributed by atoms with Crippen molar-refractivity contribution in [3.63, 3.8) is 0 Å². The molecule has 1 fully saturated rings. The molecule has 0 bridgehead atoms. The Kier molecular flexibility index (Phi) is 7.17. The van der Waals surface area contributed by atoms with Crippen LogP contribution in [-0.2, 0) is 22.7 Å². The molecule has 1 saturated carbocycles. The second kappa shape index (κ2) is 11.4. The van der Waals surface area contributed by atoms with Crippen LogP contribution in [0, 0.1) is 24.6 Å². The third kappa shape index (κ3) is 5.58. The Hall–Kier alpha value is -4.14. The first-order valence-corrected chi connectivity index (χ1v) is 13.8. The number of nitrogens with one attached hydrogen (secondary N) is 1. The third-order valence-electron chi connectivity index (χ3n) is 7.67. The largest absolute Gasteiger partial charge is 0.375 e. The van der Waals surface area contributed by atoms with Crippen molar-refractivity contribution >= 4 is 34.1 Å². The van der Waals surface area contributed by atoms with Crippen molar-refractivity contribution in [2.45, 2.75) is 32.9 Å². The van der Waals surface area contributed by atoms with Gasteiger partial charge in [0.25, 0.3) is 0 Å². The molecule has 0 saturated heterocycles. The van der Waals surface area contributed by atoms with Gasteiger partial charge >= 0.3 is 0 Å². The molecule has 7 nitrogen and oxygen atoms in total. The first-order valence-electron chi connectivity index (χ1n) is 14.0. The minimum atomic E-state index is -0.766. The number of amides is 1. The zero-order valence-corrected chi connectivity index (χ0v) is 23.3. The number of ether oxygens (including phenoxy) is 1. The van der Waals surface area contributed by atoms with Gasteiger partial charge in [0.15, 0.2) is 0 Å². The SMILES string of the molecule is [2H]C(Cn1cc(C2C(C)C2C(=O)Nc2cc3cc(-c4cnccc4C)c(F)c(Cl)c3cn2)cn1)OCc1ccccc1. The van der Waals surface area contributed by atoms with Crippen molar-refractivity contribution in [2.75, 3.05) is 11.9 Å². The number of halogens is 2. The number of fused-ring (bicyclic) bond motifs is 1. The van der Waals surface area contributed by atoms with E-state index in [2.05, 4.69) is 20.4 Å². The van der Waals surface area contributed by atoms with Gasteiger partial charge in [-0.2, -0.15) is 5.10 Å². The average molecular weight is 571 g/mol. The number of pyridine rings is 2. The molecule has 4 unspecified atom stereocenters. The Labute approximate surface area is 243 Å². The summed E-state index contributed by atoms with van der Waals surface area (Å²) in [6, 6.07) is 15.0. The molecule has 4 atom stereocenters. The zero-order chi connectivity index (χ0) is 29.4. The molecule has 6 rings (SSSR count).